The van der Waals surface area contributed by atoms with Gasteiger partial charge in [-0.15, -0.1) is 0 Å². The first-order valence-corrected chi connectivity index (χ1v) is 12.7. The monoisotopic (exact) mass is 475 g/mol. The SMILES string of the molecule is CN(C(=O)[C@@H]1[C@@H](Cc2ccncc2)C(=O)N1C(=O)NCC1(C2CCCCC2)CC1)c1ccncc1. The molecule has 2 aromatic heterocycles. The molecular formula is C27H33N5O3. The van der Waals surface area contributed by atoms with Crippen molar-refractivity contribution < 1.29 is 14.4 Å². The van der Waals surface area contributed by atoms with Crippen molar-refractivity contribution >= 4 is 23.5 Å². The summed E-state index contributed by atoms with van der Waals surface area (Å²) < 4.78 is 0. The number of anilines is 1. The van der Waals surface area contributed by atoms with Gasteiger partial charge in [-0.3, -0.25) is 24.5 Å². The van der Waals surface area contributed by atoms with Crippen molar-refractivity contribution in [3.63, 3.8) is 0 Å². The lowest BCUT2D eigenvalue weighted by molar-refractivity contribution is -0.156. The minimum absolute atomic E-state index is 0.174. The van der Waals surface area contributed by atoms with Crippen molar-refractivity contribution in [2.24, 2.45) is 17.3 Å². The second kappa shape index (κ2) is 9.76. The zero-order valence-electron chi connectivity index (χ0n) is 20.2. The molecule has 3 heterocycles. The van der Waals surface area contributed by atoms with E-state index in [9.17, 15) is 14.4 Å². The summed E-state index contributed by atoms with van der Waals surface area (Å²) in [7, 11) is 1.67. The smallest absolute Gasteiger partial charge is 0.324 e. The first-order chi connectivity index (χ1) is 17.0. The molecule has 1 aliphatic heterocycles. The van der Waals surface area contributed by atoms with Crippen LogP contribution in [-0.2, 0) is 16.0 Å². The van der Waals surface area contributed by atoms with Crippen LogP contribution in [-0.4, -0.2) is 52.3 Å². The van der Waals surface area contributed by atoms with Crippen LogP contribution in [0.5, 0.6) is 0 Å². The minimum atomic E-state index is -0.848. The van der Waals surface area contributed by atoms with Gasteiger partial charge in [0.15, 0.2) is 0 Å². The van der Waals surface area contributed by atoms with Gasteiger partial charge in [0.2, 0.25) is 5.91 Å². The summed E-state index contributed by atoms with van der Waals surface area (Å²) in [5.41, 5.74) is 1.76. The lowest BCUT2D eigenvalue weighted by atomic mass is 9.77. The molecule has 184 valence electrons. The maximum Gasteiger partial charge on any atom is 0.324 e. The molecule has 0 bridgehead atoms. The number of likely N-dealkylation sites (N-methyl/N-ethyl adjacent to an activating group) is 1. The highest BCUT2D eigenvalue weighted by Crippen LogP contribution is 2.56. The van der Waals surface area contributed by atoms with Gasteiger partial charge >= 0.3 is 6.03 Å². The number of urea groups is 1. The largest absolute Gasteiger partial charge is 0.337 e. The lowest BCUT2D eigenvalue weighted by Gasteiger charge is -2.46. The molecule has 2 aliphatic carbocycles. The number of hydrogen-bond donors (Lipinski definition) is 1. The molecule has 0 aromatic carbocycles. The number of rotatable bonds is 7. The number of nitrogens with zero attached hydrogens (tertiary/aromatic N) is 4. The highest BCUT2D eigenvalue weighted by atomic mass is 16.2. The third kappa shape index (κ3) is 4.66. The van der Waals surface area contributed by atoms with E-state index in [4.69, 9.17) is 0 Å². The molecule has 2 aromatic rings. The van der Waals surface area contributed by atoms with E-state index in [2.05, 4.69) is 15.3 Å². The fourth-order valence-electron chi connectivity index (χ4n) is 5.86. The summed E-state index contributed by atoms with van der Waals surface area (Å²) >= 11 is 0. The van der Waals surface area contributed by atoms with Crippen molar-refractivity contribution in [1.82, 2.24) is 20.2 Å². The summed E-state index contributed by atoms with van der Waals surface area (Å²) in [5, 5.41) is 3.04. The third-order valence-electron chi connectivity index (χ3n) is 8.23. The standard InChI is InChI=1S/C27H33N5O3/c1-31(21-9-15-29-16-10-21)25(34)23-22(17-19-7-13-28-14-8-19)24(33)32(23)26(35)30-18-27(11-12-27)20-5-3-2-4-6-20/h7-10,13-16,20,22-23H,2-6,11-12,17-18H2,1H3,(H,30,35)/t22-,23+/m1/s1. The van der Waals surface area contributed by atoms with E-state index >= 15 is 0 Å². The van der Waals surface area contributed by atoms with Crippen LogP contribution in [0, 0.1) is 17.3 Å². The van der Waals surface area contributed by atoms with Crippen LogP contribution in [0.3, 0.4) is 0 Å². The molecule has 4 amide bonds. The van der Waals surface area contributed by atoms with Gasteiger partial charge in [-0.05, 0) is 73.3 Å². The van der Waals surface area contributed by atoms with Gasteiger partial charge in [0.25, 0.3) is 5.91 Å². The molecule has 2 saturated carbocycles. The lowest BCUT2D eigenvalue weighted by Crippen LogP contribution is -2.70. The Morgan fingerprint density at radius 3 is 2.29 bits per heavy atom. The summed E-state index contributed by atoms with van der Waals surface area (Å²) in [6, 6.07) is 5.85. The van der Waals surface area contributed by atoms with E-state index in [0.717, 1.165) is 23.3 Å². The maximum atomic E-state index is 13.6. The van der Waals surface area contributed by atoms with Crippen LogP contribution in [0.15, 0.2) is 49.1 Å². The topological polar surface area (TPSA) is 95.5 Å². The van der Waals surface area contributed by atoms with Crippen molar-refractivity contribution in [2.75, 3.05) is 18.5 Å². The van der Waals surface area contributed by atoms with E-state index in [1.165, 1.54) is 37.0 Å². The van der Waals surface area contributed by atoms with Crippen molar-refractivity contribution in [2.45, 2.75) is 57.4 Å². The van der Waals surface area contributed by atoms with Crippen LogP contribution in [0.4, 0.5) is 10.5 Å². The van der Waals surface area contributed by atoms with E-state index in [1.54, 1.807) is 44.0 Å². The molecule has 3 fully saturated rings. The predicted molar refractivity (Wildman–Crippen MR) is 131 cm³/mol. The third-order valence-corrected chi connectivity index (χ3v) is 8.23. The Hall–Kier alpha value is -3.29. The molecular weight excluding hydrogens is 442 g/mol. The number of amides is 4. The van der Waals surface area contributed by atoms with Crippen LogP contribution in [0.1, 0.15) is 50.5 Å². The summed E-state index contributed by atoms with van der Waals surface area (Å²) in [4.78, 5) is 50.7. The predicted octanol–water partition coefficient (Wildman–Crippen LogP) is 3.58. The number of imide groups is 1. The Balaban J connectivity index is 1.31. The summed E-state index contributed by atoms with van der Waals surface area (Å²) in [6.45, 7) is 0.580. The Morgan fingerprint density at radius 2 is 1.66 bits per heavy atom. The fraction of sp³-hybridized carbons (Fsp3) is 0.519. The molecule has 2 atom stereocenters. The van der Waals surface area contributed by atoms with Crippen LogP contribution < -0.4 is 10.2 Å². The fourth-order valence-corrected chi connectivity index (χ4v) is 5.86. The first-order valence-electron chi connectivity index (χ1n) is 12.7. The van der Waals surface area contributed by atoms with Gasteiger partial charge < -0.3 is 10.2 Å². The van der Waals surface area contributed by atoms with Gasteiger partial charge in [0.1, 0.15) is 6.04 Å². The van der Waals surface area contributed by atoms with Crippen LogP contribution in [0.2, 0.25) is 0 Å². The Labute approximate surface area is 206 Å². The van der Waals surface area contributed by atoms with Gasteiger partial charge in [-0.25, -0.2) is 4.79 Å². The Bertz CT molecular complexity index is 1070. The number of aromatic nitrogens is 2. The van der Waals surface area contributed by atoms with Gasteiger partial charge in [0.05, 0.1) is 5.92 Å². The average Bonchev–Trinajstić information content (AvgIpc) is 3.71. The van der Waals surface area contributed by atoms with Crippen LogP contribution >= 0.6 is 0 Å². The van der Waals surface area contributed by atoms with E-state index in [-0.39, 0.29) is 17.2 Å². The quantitative estimate of drug-likeness (QED) is 0.618. The number of hydrogen-bond acceptors (Lipinski definition) is 5. The molecule has 1 saturated heterocycles. The van der Waals surface area contributed by atoms with Gasteiger partial charge in [-0.2, -0.15) is 0 Å². The highest BCUT2D eigenvalue weighted by molar-refractivity contribution is 6.12. The van der Waals surface area contributed by atoms with E-state index in [0.29, 0.717) is 24.6 Å². The minimum Gasteiger partial charge on any atom is -0.337 e. The number of carbonyl (C=O) groups excluding carboxylic acids is 3. The number of nitrogens with one attached hydrogen (secondary N) is 1. The highest BCUT2D eigenvalue weighted by Gasteiger charge is 2.56. The average molecular weight is 476 g/mol. The normalized spacial score (nSPS) is 23.3. The molecule has 35 heavy (non-hydrogen) atoms. The number of β-lactam (4-membered cyclic amide) rings is 1. The number of likely N-dealkylation sites (tertiary alicyclic amines) is 1. The molecule has 1 N–H and O–H groups in total. The van der Waals surface area contributed by atoms with Gasteiger partial charge in [-0.1, -0.05) is 19.3 Å². The summed E-state index contributed by atoms with van der Waals surface area (Å²) in [5.74, 6) is -0.520. The molecule has 8 nitrogen and oxygen atoms in total. The second-order valence-corrected chi connectivity index (χ2v) is 10.3. The first kappa shape index (κ1) is 23.5. The van der Waals surface area contributed by atoms with E-state index in [1.807, 2.05) is 12.1 Å². The molecule has 0 unspecified atom stereocenters. The number of carbonyl (C=O) groups is 3. The van der Waals surface area contributed by atoms with Crippen molar-refractivity contribution in [1.29, 1.82) is 0 Å². The maximum absolute atomic E-state index is 13.6. The van der Waals surface area contributed by atoms with Crippen LogP contribution in [0.25, 0.3) is 0 Å². The molecule has 0 radical (unpaired) electrons. The van der Waals surface area contributed by atoms with Crippen molar-refractivity contribution in [3.8, 4) is 0 Å². The van der Waals surface area contributed by atoms with Gasteiger partial charge in [0, 0.05) is 44.1 Å². The number of pyridine rings is 2. The molecule has 0 spiro atoms. The Kier molecular flexibility index (Phi) is 6.54. The Morgan fingerprint density at radius 1 is 1.03 bits per heavy atom. The van der Waals surface area contributed by atoms with E-state index < -0.39 is 18.0 Å². The van der Waals surface area contributed by atoms with Crippen molar-refractivity contribution in [3.05, 3.63) is 54.6 Å². The zero-order chi connectivity index (χ0) is 24.4. The summed E-state index contributed by atoms with van der Waals surface area (Å²) in [6.07, 6.45) is 15.5. The molecule has 3 aliphatic rings. The molecule has 8 heteroatoms. The molecule has 5 rings (SSSR count). The second-order valence-electron chi connectivity index (χ2n) is 10.3. The zero-order valence-corrected chi connectivity index (χ0v) is 20.2.